The lowest BCUT2D eigenvalue weighted by Gasteiger charge is -2.42. The average Bonchev–Trinajstić information content (AvgIpc) is 2.74. The van der Waals surface area contributed by atoms with Crippen LogP contribution in [-0.4, -0.2) is 7.11 Å². The van der Waals surface area contributed by atoms with Gasteiger partial charge in [-0.2, -0.15) is 0 Å². The third-order valence-electron chi connectivity index (χ3n) is 7.46. The Kier molecular flexibility index (Phi) is 6.08. The van der Waals surface area contributed by atoms with Crippen LogP contribution in [0, 0.1) is 35.2 Å². The van der Waals surface area contributed by atoms with Gasteiger partial charge in [-0.25, -0.2) is 13.2 Å². The van der Waals surface area contributed by atoms with Crippen LogP contribution in [0.15, 0.2) is 18.2 Å². The van der Waals surface area contributed by atoms with Crippen molar-refractivity contribution in [2.24, 2.45) is 17.8 Å². The molecule has 1 nitrogen and oxygen atoms in total. The van der Waals surface area contributed by atoms with Gasteiger partial charge in [-0.3, -0.25) is 0 Å². The van der Waals surface area contributed by atoms with Crippen molar-refractivity contribution in [3.8, 4) is 5.75 Å². The molecule has 2 aliphatic rings. The van der Waals surface area contributed by atoms with E-state index in [4.69, 9.17) is 4.74 Å². The second-order valence-electron chi connectivity index (χ2n) is 9.13. The fraction of sp³-hybridized carbons (Fsp3) is 0.600. The molecule has 0 N–H and O–H groups in total. The Balaban J connectivity index is 1.56. The summed E-state index contributed by atoms with van der Waals surface area (Å²) in [5.74, 6) is -0.655. The lowest BCUT2D eigenvalue weighted by atomic mass is 9.63. The standard InChI is InChI=1S/C25H31F3O/c1-3-4-5-15-6-7-17-13-18(9-8-16(17)12-15)20-14-19-10-11-21(29-2)24(27)22(19)25(28)23(20)26/h10-11,14-18H,3-9,12-13H2,1-2H3. The van der Waals surface area contributed by atoms with E-state index in [1.165, 1.54) is 51.7 Å². The fourth-order valence-corrected chi connectivity index (χ4v) is 5.86. The molecule has 0 aromatic heterocycles. The molecule has 0 spiro atoms. The minimum atomic E-state index is -1.08. The molecule has 0 amide bonds. The third-order valence-corrected chi connectivity index (χ3v) is 7.46. The van der Waals surface area contributed by atoms with E-state index >= 15 is 0 Å². The molecule has 2 aromatic carbocycles. The van der Waals surface area contributed by atoms with E-state index in [0.29, 0.717) is 16.9 Å². The topological polar surface area (TPSA) is 9.23 Å². The van der Waals surface area contributed by atoms with Gasteiger partial charge in [-0.15, -0.1) is 0 Å². The second kappa shape index (κ2) is 8.57. The number of ether oxygens (including phenoxy) is 1. The molecule has 0 aliphatic heterocycles. The highest BCUT2D eigenvalue weighted by molar-refractivity contribution is 5.86. The van der Waals surface area contributed by atoms with Gasteiger partial charge in [-0.05, 0) is 78.9 Å². The van der Waals surface area contributed by atoms with Gasteiger partial charge in [-0.1, -0.05) is 38.7 Å². The van der Waals surface area contributed by atoms with Gasteiger partial charge < -0.3 is 4.74 Å². The van der Waals surface area contributed by atoms with Gasteiger partial charge in [0.25, 0.3) is 0 Å². The Morgan fingerprint density at radius 3 is 2.45 bits per heavy atom. The first kappa shape index (κ1) is 20.6. The van der Waals surface area contributed by atoms with Crippen molar-refractivity contribution < 1.29 is 17.9 Å². The number of methoxy groups -OCH3 is 1. The number of fused-ring (bicyclic) bond motifs is 2. The Labute approximate surface area is 171 Å². The summed E-state index contributed by atoms with van der Waals surface area (Å²) in [5, 5.41) is 0.0957. The van der Waals surface area contributed by atoms with Crippen LogP contribution < -0.4 is 4.74 Å². The van der Waals surface area contributed by atoms with Crippen molar-refractivity contribution in [3.63, 3.8) is 0 Å². The first-order valence-electron chi connectivity index (χ1n) is 11.2. The van der Waals surface area contributed by atoms with Gasteiger partial charge >= 0.3 is 0 Å². The average molecular weight is 405 g/mol. The number of benzene rings is 2. The summed E-state index contributed by atoms with van der Waals surface area (Å²) in [7, 11) is 1.32. The molecule has 29 heavy (non-hydrogen) atoms. The number of hydrogen-bond acceptors (Lipinski definition) is 1. The lowest BCUT2D eigenvalue weighted by Crippen LogP contribution is -2.30. The Morgan fingerprint density at radius 2 is 1.69 bits per heavy atom. The van der Waals surface area contributed by atoms with Gasteiger partial charge in [0.05, 0.1) is 12.5 Å². The molecule has 4 unspecified atom stereocenters. The van der Waals surface area contributed by atoms with Crippen molar-refractivity contribution in [2.75, 3.05) is 7.11 Å². The van der Waals surface area contributed by atoms with Crippen molar-refractivity contribution in [3.05, 3.63) is 41.2 Å². The molecule has 4 rings (SSSR count). The van der Waals surface area contributed by atoms with E-state index in [-0.39, 0.29) is 17.1 Å². The zero-order chi connectivity index (χ0) is 20.5. The monoisotopic (exact) mass is 404 g/mol. The van der Waals surface area contributed by atoms with Crippen LogP contribution in [0.4, 0.5) is 13.2 Å². The Hall–Kier alpha value is -1.71. The van der Waals surface area contributed by atoms with E-state index in [1.54, 1.807) is 12.1 Å². The van der Waals surface area contributed by atoms with Gasteiger partial charge in [0.15, 0.2) is 23.2 Å². The quantitative estimate of drug-likeness (QED) is 0.495. The maximum Gasteiger partial charge on any atom is 0.175 e. The minimum absolute atomic E-state index is 0.0208. The molecule has 0 radical (unpaired) electrons. The highest BCUT2D eigenvalue weighted by atomic mass is 19.2. The summed E-state index contributed by atoms with van der Waals surface area (Å²) >= 11 is 0. The Bertz CT molecular complexity index is 878. The summed E-state index contributed by atoms with van der Waals surface area (Å²) < 4.78 is 49.2. The molecule has 2 fully saturated rings. The second-order valence-corrected chi connectivity index (χ2v) is 9.13. The van der Waals surface area contributed by atoms with Crippen molar-refractivity contribution in [1.82, 2.24) is 0 Å². The number of halogens is 3. The highest BCUT2D eigenvalue weighted by Crippen LogP contribution is 2.49. The van der Waals surface area contributed by atoms with E-state index in [9.17, 15) is 13.2 Å². The zero-order valence-corrected chi connectivity index (χ0v) is 17.4. The summed E-state index contributed by atoms with van der Waals surface area (Å²) in [6, 6.07) is 4.76. The molecule has 0 saturated heterocycles. The van der Waals surface area contributed by atoms with Crippen molar-refractivity contribution >= 4 is 10.8 Å². The molecule has 4 heteroatoms. The molecular weight excluding hydrogens is 373 g/mol. The Morgan fingerprint density at radius 1 is 0.931 bits per heavy atom. The highest BCUT2D eigenvalue weighted by Gasteiger charge is 2.37. The zero-order valence-electron chi connectivity index (χ0n) is 17.4. The maximum atomic E-state index is 15.0. The molecule has 158 valence electrons. The lowest BCUT2D eigenvalue weighted by molar-refractivity contribution is 0.112. The largest absolute Gasteiger partial charge is 0.494 e. The van der Waals surface area contributed by atoms with Crippen LogP contribution in [0.25, 0.3) is 10.8 Å². The third kappa shape index (κ3) is 3.87. The van der Waals surface area contributed by atoms with Crippen molar-refractivity contribution in [1.29, 1.82) is 0 Å². The summed E-state index contributed by atoms with van der Waals surface area (Å²) in [6.07, 6.45) is 10.6. The molecule has 2 aliphatic carbocycles. The first-order valence-corrected chi connectivity index (χ1v) is 11.2. The molecule has 0 heterocycles. The number of unbranched alkanes of at least 4 members (excludes halogenated alkanes) is 1. The summed E-state index contributed by atoms with van der Waals surface area (Å²) in [5.41, 5.74) is 0.422. The smallest absolute Gasteiger partial charge is 0.175 e. The first-order chi connectivity index (χ1) is 14.0. The summed E-state index contributed by atoms with van der Waals surface area (Å²) in [4.78, 5) is 0. The van der Waals surface area contributed by atoms with Crippen LogP contribution in [-0.2, 0) is 0 Å². The van der Waals surface area contributed by atoms with Crippen molar-refractivity contribution in [2.45, 2.75) is 70.6 Å². The minimum Gasteiger partial charge on any atom is -0.494 e. The van der Waals surface area contributed by atoms with Crippen LogP contribution >= 0.6 is 0 Å². The van der Waals surface area contributed by atoms with Crippen LogP contribution in [0.2, 0.25) is 0 Å². The van der Waals surface area contributed by atoms with Gasteiger partial charge in [0.2, 0.25) is 0 Å². The predicted octanol–water partition coefficient (Wildman–Crippen LogP) is 7.76. The molecule has 4 atom stereocenters. The number of rotatable bonds is 5. The molecular formula is C25H31F3O. The van der Waals surface area contributed by atoms with E-state index in [1.807, 2.05) is 0 Å². The normalized spacial score (nSPS) is 27.1. The summed E-state index contributed by atoms with van der Waals surface area (Å²) in [6.45, 7) is 2.25. The SMILES string of the molecule is CCCCC1CCC2CC(c3cc4ccc(OC)c(F)c4c(F)c3F)CCC2C1. The molecule has 2 saturated carbocycles. The van der Waals surface area contributed by atoms with E-state index < -0.39 is 17.5 Å². The van der Waals surface area contributed by atoms with Crippen LogP contribution in [0.3, 0.4) is 0 Å². The van der Waals surface area contributed by atoms with Crippen LogP contribution in [0.5, 0.6) is 5.75 Å². The fourth-order valence-electron chi connectivity index (χ4n) is 5.86. The number of hydrogen-bond donors (Lipinski definition) is 0. The molecule has 0 bridgehead atoms. The van der Waals surface area contributed by atoms with E-state index in [0.717, 1.165) is 31.1 Å². The molecule has 2 aromatic rings. The maximum absolute atomic E-state index is 15.0. The van der Waals surface area contributed by atoms with E-state index in [2.05, 4.69) is 6.92 Å². The predicted molar refractivity (Wildman–Crippen MR) is 111 cm³/mol. The van der Waals surface area contributed by atoms with Gasteiger partial charge in [0, 0.05) is 0 Å². The van der Waals surface area contributed by atoms with Gasteiger partial charge in [0.1, 0.15) is 0 Å². The van der Waals surface area contributed by atoms with Crippen LogP contribution in [0.1, 0.15) is 76.2 Å².